The molecule has 0 unspecified atom stereocenters. The van der Waals surface area contributed by atoms with E-state index in [1.807, 2.05) is 12.1 Å². The number of nitrogens with zero attached hydrogens (tertiary/aromatic N) is 2. The number of rotatable bonds is 6. The zero-order valence-corrected chi connectivity index (χ0v) is 14.7. The van der Waals surface area contributed by atoms with E-state index >= 15 is 0 Å². The average Bonchev–Trinajstić information content (AvgIpc) is 2.60. The van der Waals surface area contributed by atoms with Crippen molar-refractivity contribution >= 4 is 21.7 Å². The van der Waals surface area contributed by atoms with Crippen LogP contribution in [-0.2, 0) is 10.0 Å². The van der Waals surface area contributed by atoms with E-state index in [4.69, 9.17) is 10.5 Å². The third kappa shape index (κ3) is 5.27. The molecule has 0 saturated carbocycles. The molecule has 25 heavy (non-hydrogen) atoms. The van der Waals surface area contributed by atoms with Crippen molar-refractivity contribution in [1.29, 1.82) is 0 Å². The molecule has 0 radical (unpaired) electrons. The molecule has 1 aliphatic heterocycles. The van der Waals surface area contributed by atoms with E-state index in [2.05, 4.69) is 10.3 Å². The lowest BCUT2D eigenvalue weighted by Gasteiger charge is -2.30. The normalized spacial score (nSPS) is 17.7. The number of piperidine rings is 1. The van der Waals surface area contributed by atoms with Gasteiger partial charge in [0.15, 0.2) is 5.96 Å². The zero-order chi connectivity index (χ0) is 18.4. The fourth-order valence-electron chi connectivity index (χ4n) is 2.57. The number of methoxy groups -OCH3 is 1. The summed E-state index contributed by atoms with van der Waals surface area (Å²) >= 11 is 0. The fraction of sp³-hybridized carbons (Fsp3) is 0.533. The van der Waals surface area contributed by atoms with Crippen LogP contribution in [0.5, 0.6) is 5.75 Å². The Morgan fingerprint density at radius 2 is 2.12 bits per heavy atom. The van der Waals surface area contributed by atoms with E-state index in [9.17, 15) is 17.2 Å². The van der Waals surface area contributed by atoms with Gasteiger partial charge in [-0.25, -0.2) is 8.42 Å². The minimum atomic E-state index is -4.49. The van der Waals surface area contributed by atoms with E-state index < -0.39 is 15.8 Å². The molecule has 1 aliphatic rings. The number of guanidine groups is 1. The summed E-state index contributed by atoms with van der Waals surface area (Å²) < 4.78 is 53.9. The van der Waals surface area contributed by atoms with Crippen molar-refractivity contribution in [2.45, 2.75) is 18.6 Å². The molecule has 10 heteroatoms. The molecule has 140 valence electrons. The Morgan fingerprint density at radius 3 is 2.72 bits per heavy atom. The van der Waals surface area contributed by atoms with Gasteiger partial charge in [-0.3, -0.25) is 4.99 Å². The molecule has 1 aromatic rings. The van der Waals surface area contributed by atoms with Crippen LogP contribution in [0.2, 0.25) is 0 Å². The zero-order valence-electron chi connectivity index (χ0n) is 13.9. The van der Waals surface area contributed by atoms with E-state index in [1.165, 1.54) is 0 Å². The van der Waals surface area contributed by atoms with Gasteiger partial charge in [-0.15, -0.1) is 0 Å². The molecule has 1 fully saturated rings. The predicted octanol–water partition coefficient (Wildman–Crippen LogP) is 1.69. The SMILES string of the molecule is COc1cccc(NC(N)=NCC2CCN(S(=O)(=O)C(F)F)CC2)c1. The van der Waals surface area contributed by atoms with Crippen LogP contribution in [0, 0.1) is 5.92 Å². The Kier molecular flexibility index (Phi) is 6.54. The van der Waals surface area contributed by atoms with Gasteiger partial charge in [0, 0.05) is 31.4 Å². The smallest absolute Gasteiger partial charge is 0.350 e. The fourth-order valence-corrected chi connectivity index (χ4v) is 3.52. The Balaban J connectivity index is 1.84. The lowest BCUT2D eigenvalue weighted by Crippen LogP contribution is -2.41. The molecule has 1 saturated heterocycles. The molecule has 0 aromatic heterocycles. The summed E-state index contributed by atoms with van der Waals surface area (Å²) in [5, 5.41) is 2.95. The maximum atomic E-state index is 12.5. The van der Waals surface area contributed by atoms with Gasteiger partial charge < -0.3 is 15.8 Å². The van der Waals surface area contributed by atoms with Crippen molar-refractivity contribution in [1.82, 2.24) is 4.31 Å². The number of nitrogens with one attached hydrogen (secondary N) is 1. The van der Waals surface area contributed by atoms with Crippen LogP contribution >= 0.6 is 0 Å². The third-order valence-electron chi connectivity index (χ3n) is 4.02. The van der Waals surface area contributed by atoms with Gasteiger partial charge in [-0.2, -0.15) is 13.1 Å². The second-order valence-electron chi connectivity index (χ2n) is 5.73. The molecule has 7 nitrogen and oxygen atoms in total. The monoisotopic (exact) mass is 376 g/mol. The van der Waals surface area contributed by atoms with Crippen LogP contribution in [0.1, 0.15) is 12.8 Å². The highest BCUT2D eigenvalue weighted by Crippen LogP contribution is 2.23. The highest BCUT2D eigenvalue weighted by Gasteiger charge is 2.34. The molecule has 0 amide bonds. The maximum Gasteiger partial charge on any atom is 0.350 e. The largest absolute Gasteiger partial charge is 0.497 e. The van der Waals surface area contributed by atoms with Crippen LogP contribution in [0.15, 0.2) is 29.3 Å². The quantitative estimate of drug-likeness (QED) is 0.582. The first kappa shape index (κ1) is 19.4. The van der Waals surface area contributed by atoms with Crippen molar-refractivity contribution in [2.24, 2.45) is 16.6 Å². The molecule has 0 atom stereocenters. The van der Waals surface area contributed by atoms with Gasteiger partial charge in [0.2, 0.25) is 0 Å². The number of ether oxygens (including phenoxy) is 1. The number of anilines is 1. The first-order chi connectivity index (χ1) is 11.8. The summed E-state index contributed by atoms with van der Waals surface area (Å²) in [6, 6.07) is 7.21. The summed E-state index contributed by atoms with van der Waals surface area (Å²) in [5.41, 5.74) is 6.58. The minimum absolute atomic E-state index is 0.0794. The van der Waals surface area contributed by atoms with E-state index in [1.54, 1.807) is 19.2 Å². The Hall–Kier alpha value is -1.94. The van der Waals surface area contributed by atoms with Crippen molar-refractivity contribution in [2.75, 3.05) is 32.1 Å². The minimum Gasteiger partial charge on any atom is -0.497 e. The van der Waals surface area contributed by atoms with Gasteiger partial charge in [0.25, 0.3) is 10.0 Å². The average molecular weight is 376 g/mol. The topological polar surface area (TPSA) is 97.0 Å². The highest BCUT2D eigenvalue weighted by molar-refractivity contribution is 7.89. The summed E-state index contributed by atoms with van der Waals surface area (Å²) in [5.74, 6) is -2.35. The summed E-state index contributed by atoms with van der Waals surface area (Å²) in [4.78, 5) is 4.25. The number of hydrogen-bond donors (Lipinski definition) is 2. The van der Waals surface area contributed by atoms with Gasteiger partial charge in [0.1, 0.15) is 5.75 Å². The molecule has 0 bridgehead atoms. The van der Waals surface area contributed by atoms with Crippen LogP contribution in [0.4, 0.5) is 14.5 Å². The van der Waals surface area contributed by atoms with Crippen LogP contribution in [0.25, 0.3) is 0 Å². The maximum absolute atomic E-state index is 12.5. The van der Waals surface area contributed by atoms with Crippen LogP contribution in [-0.4, -0.2) is 51.2 Å². The lowest BCUT2D eigenvalue weighted by atomic mass is 9.98. The second kappa shape index (κ2) is 8.43. The summed E-state index contributed by atoms with van der Waals surface area (Å²) in [6.45, 7) is 0.567. The standard InChI is InChI=1S/C15H22F2N4O3S/c1-24-13-4-2-3-12(9-13)20-15(18)19-10-11-5-7-21(8-6-11)25(22,23)14(16)17/h2-4,9,11,14H,5-8,10H2,1H3,(H3,18,19,20). The Bertz CT molecular complexity index is 704. The van der Waals surface area contributed by atoms with Crippen LogP contribution in [0.3, 0.4) is 0 Å². The van der Waals surface area contributed by atoms with Crippen molar-refractivity contribution < 1.29 is 21.9 Å². The van der Waals surface area contributed by atoms with Gasteiger partial charge in [-0.1, -0.05) is 6.07 Å². The van der Waals surface area contributed by atoms with Gasteiger partial charge in [-0.05, 0) is 30.9 Å². The molecule has 1 aromatic carbocycles. The summed E-state index contributed by atoms with van der Waals surface area (Å²) in [7, 11) is -2.92. The number of benzene rings is 1. The first-order valence-electron chi connectivity index (χ1n) is 7.81. The van der Waals surface area contributed by atoms with Gasteiger partial charge in [0.05, 0.1) is 7.11 Å². The Morgan fingerprint density at radius 1 is 1.44 bits per heavy atom. The predicted molar refractivity (Wildman–Crippen MR) is 92.3 cm³/mol. The van der Waals surface area contributed by atoms with E-state index in [0.29, 0.717) is 25.1 Å². The lowest BCUT2D eigenvalue weighted by molar-refractivity contribution is 0.205. The highest BCUT2D eigenvalue weighted by atomic mass is 32.2. The molecular weight excluding hydrogens is 354 g/mol. The van der Waals surface area contributed by atoms with Crippen molar-refractivity contribution in [3.05, 3.63) is 24.3 Å². The molecule has 3 N–H and O–H groups in total. The van der Waals surface area contributed by atoms with Crippen molar-refractivity contribution in [3.63, 3.8) is 0 Å². The molecule has 2 rings (SSSR count). The Labute approximate surface area is 145 Å². The molecular formula is C15H22F2N4O3S. The molecule has 1 heterocycles. The van der Waals surface area contributed by atoms with Crippen molar-refractivity contribution in [3.8, 4) is 5.75 Å². The third-order valence-corrected chi connectivity index (χ3v) is 5.56. The summed E-state index contributed by atoms with van der Waals surface area (Å²) in [6.07, 6.45) is 0.948. The number of halogens is 2. The molecule has 0 spiro atoms. The first-order valence-corrected chi connectivity index (χ1v) is 9.31. The van der Waals surface area contributed by atoms with Gasteiger partial charge >= 0.3 is 5.76 Å². The number of alkyl halides is 2. The van der Waals surface area contributed by atoms with Crippen LogP contribution < -0.4 is 15.8 Å². The number of nitrogens with two attached hydrogens (primary N) is 1. The number of aliphatic imine (C=N–C) groups is 1. The molecule has 0 aliphatic carbocycles. The van der Waals surface area contributed by atoms with E-state index in [-0.39, 0.29) is 25.0 Å². The second-order valence-corrected chi connectivity index (χ2v) is 7.63. The number of hydrogen-bond acceptors (Lipinski definition) is 4. The van der Waals surface area contributed by atoms with E-state index in [0.717, 1.165) is 9.99 Å². The number of sulfonamides is 1.